The average Bonchev–Trinajstić information content (AvgIpc) is 3.11. The van der Waals surface area contributed by atoms with Gasteiger partial charge in [0, 0.05) is 16.1 Å². The summed E-state index contributed by atoms with van der Waals surface area (Å²) in [6, 6.07) is 18.7. The van der Waals surface area contributed by atoms with Crippen molar-refractivity contribution in [1.82, 2.24) is 0 Å². The number of ether oxygens (including phenoxy) is 2. The van der Waals surface area contributed by atoms with Gasteiger partial charge >= 0.3 is 5.97 Å². The summed E-state index contributed by atoms with van der Waals surface area (Å²) in [5.41, 5.74) is 3.23. The zero-order chi connectivity index (χ0) is 21.1. The van der Waals surface area contributed by atoms with E-state index in [9.17, 15) is 9.18 Å². The normalized spacial score (nSPS) is 14.6. The molecule has 0 unspecified atom stereocenters. The van der Waals surface area contributed by atoms with Gasteiger partial charge in [0.2, 0.25) is 5.90 Å². The summed E-state index contributed by atoms with van der Waals surface area (Å²) in [4.78, 5) is 16.6. The summed E-state index contributed by atoms with van der Waals surface area (Å²) in [5.74, 6) is -0.0655. The van der Waals surface area contributed by atoms with Crippen LogP contribution in [0.2, 0.25) is 5.02 Å². The lowest BCUT2D eigenvalue weighted by atomic mass is 10.1. The molecule has 4 rings (SSSR count). The Hall–Kier alpha value is -3.44. The number of nitrogens with zero attached hydrogens (tertiary/aromatic N) is 1. The van der Waals surface area contributed by atoms with E-state index in [0.717, 1.165) is 11.1 Å². The van der Waals surface area contributed by atoms with Crippen LogP contribution in [0.4, 0.5) is 4.39 Å². The van der Waals surface area contributed by atoms with Crippen LogP contribution in [0.5, 0.6) is 5.75 Å². The van der Waals surface area contributed by atoms with Gasteiger partial charge in [0.15, 0.2) is 5.70 Å². The lowest BCUT2D eigenvalue weighted by molar-refractivity contribution is -0.129. The van der Waals surface area contributed by atoms with E-state index in [0.29, 0.717) is 21.9 Å². The van der Waals surface area contributed by atoms with E-state index in [4.69, 9.17) is 21.1 Å². The molecule has 0 atom stereocenters. The van der Waals surface area contributed by atoms with Crippen molar-refractivity contribution in [3.8, 4) is 5.75 Å². The molecule has 0 spiro atoms. The number of halogens is 2. The molecular weight excluding hydrogens is 405 g/mol. The highest BCUT2D eigenvalue weighted by Crippen LogP contribution is 2.26. The van der Waals surface area contributed by atoms with Crippen molar-refractivity contribution < 1.29 is 18.7 Å². The Morgan fingerprint density at radius 1 is 1.10 bits per heavy atom. The number of hydrogen-bond acceptors (Lipinski definition) is 4. The molecule has 0 fully saturated rings. The minimum Gasteiger partial charge on any atom is -0.488 e. The third-order valence-electron chi connectivity index (χ3n) is 4.56. The quantitative estimate of drug-likeness (QED) is 0.391. The molecule has 0 saturated carbocycles. The maximum atomic E-state index is 13.1. The maximum Gasteiger partial charge on any atom is 0.363 e. The second-order valence-corrected chi connectivity index (χ2v) is 7.16. The number of aliphatic imine (C=N–C) groups is 1. The van der Waals surface area contributed by atoms with Crippen LogP contribution >= 0.6 is 11.6 Å². The van der Waals surface area contributed by atoms with E-state index in [2.05, 4.69) is 4.99 Å². The van der Waals surface area contributed by atoms with Gasteiger partial charge in [0.1, 0.15) is 18.2 Å². The first-order chi connectivity index (χ1) is 14.5. The standard InChI is InChI=1S/C24H17ClFNO3/c1-15-6-9-18(12-20(15)25)23-27-21(24(28)30-23)13-17-4-2-3-5-22(17)29-14-16-7-10-19(26)11-8-16/h2-13H,14H2,1H3/b21-13+. The zero-order valence-electron chi connectivity index (χ0n) is 16.1. The summed E-state index contributed by atoms with van der Waals surface area (Å²) >= 11 is 6.16. The molecule has 1 aliphatic heterocycles. The van der Waals surface area contributed by atoms with Gasteiger partial charge in [-0.3, -0.25) is 0 Å². The number of hydrogen-bond donors (Lipinski definition) is 0. The van der Waals surface area contributed by atoms with Crippen LogP contribution in [-0.2, 0) is 16.1 Å². The van der Waals surface area contributed by atoms with Gasteiger partial charge in [-0.05, 0) is 54.5 Å². The summed E-state index contributed by atoms with van der Waals surface area (Å²) in [6.45, 7) is 2.16. The van der Waals surface area contributed by atoms with Crippen LogP contribution in [0.15, 0.2) is 77.4 Å². The Balaban J connectivity index is 1.58. The van der Waals surface area contributed by atoms with E-state index >= 15 is 0 Å². The fraction of sp³-hybridized carbons (Fsp3) is 0.0833. The number of esters is 1. The summed E-state index contributed by atoms with van der Waals surface area (Å²) < 4.78 is 24.2. The Labute approximate surface area is 178 Å². The minimum absolute atomic E-state index is 0.166. The smallest absolute Gasteiger partial charge is 0.363 e. The van der Waals surface area contributed by atoms with E-state index in [1.807, 2.05) is 31.2 Å². The largest absolute Gasteiger partial charge is 0.488 e. The number of cyclic esters (lactones) is 1. The number of carbonyl (C=O) groups excluding carboxylic acids is 1. The second kappa shape index (κ2) is 8.51. The van der Waals surface area contributed by atoms with E-state index < -0.39 is 5.97 Å². The molecule has 0 N–H and O–H groups in total. The molecule has 0 aliphatic carbocycles. The van der Waals surface area contributed by atoms with E-state index in [-0.39, 0.29) is 24.0 Å². The van der Waals surface area contributed by atoms with Gasteiger partial charge in [-0.1, -0.05) is 48.0 Å². The van der Waals surface area contributed by atoms with Crippen LogP contribution in [0.1, 0.15) is 22.3 Å². The van der Waals surface area contributed by atoms with Crippen molar-refractivity contribution in [1.29, 1.82) is 0 Å². The van der Waals surface area contributed by atoms with Crippen molar-refractivity contribution in [3.05, 3.63) is 106 Å². The molecular formula is C24H17ClFNO3. The molecule has 150 valence electrons. The van der Waals surface area contributed by atoms with Gasteiger partial charge in [0.25, 0.3) is 0 Å². The van der Waals surface area contributed by atoms with Gasteiger partial charge in [-0.15, -0.1) is 0 Å². The molecule has 0 bridgehead atoms. The fourth-order valence-corrected chi connectivity index (χ4v) is 3.06. The zero-order valence-corrected chi connectivity index (χ0v) is 16.8. The number of rotatable bonds is 5. The van der Waals surface area contributed by atoms with Crippen LogP contribution in [0, 0.1) is 12.7 Å². The molecule has 0 amide bonds. The van der Waals surface area contributed by atoms with Gasteiger partial charge in [0.05, 0.1) is 0 Å². The highest BCUT2D eigenvalue weighted by Gasteiger charge is 2.25. The predicted octanol–water partition coefficient (Wildman–Crippen LogP) is 5.71. The monoisotopic (exact) mass is 421 g/mol. The van der Waals surface area contributed by atoms with Crippen molar-refractivity contribution in [2.24, 2.45) is 4.99 Å². The molecule has 0 aromatic heterocycles. The Bertz CT molecular complexity index is 1170. The number of para-hydroxylation sites is 1. The first-order valence-electron chi connectivity index (χ1n) is 9.25. The van der Waals surface area contributed by atoms with Crippen molar-refractivity contribution >= 4 is 29.5 Å². The predicted molar refractivity (Wildman–Crippen MR) is 114 cm³/mol. The third kappa shape index (κ3) is 4.42. The Kier molecular flexibility index (Phi) is 5.63. The number of benzene rings is 3. The molecule has 3 aromatic carbocycles. The van der Waals surface area contributed by atoms with Crippen LogP contribution in [0.25, 0.3) is 6.08 Å². The molecule has 6 heteroatoms. The van der Waals surface area contributed by atoms with Crippen molar-refractivity contribution in [2.75, 3.05) is 0 Å². The molecule has 0 saturated heterocycles. The molecule has 1 aliphatic rings. The highest BCUT2D eigenvalue weighted by molar-refractivity contribution is 6.31. The molecule has 0 radical (unpaired) electrons. The summed E-state index contributed by atoms with van der Waals surface area (Å²) in [6.07, 6.45) is 1.62. The average molecular weight is 422 g/mol. The topological polar surface area (TPSA) is 47.9 Å². The molecule has 30 heavy (non-hydrogen) atoms. The Morgan fingerprint density at radius 3 is 2.63 bits per heavy atom. The Morgan fingerprint density at radius 2 is 1.87 bits per heavy atom. The van der Waals surface area contributed by atoms with Crippen molar-refractivity contribution in [3.63, 3.8) is 0 Å². The van der Waals surface area contributed by atoms with Crippen molar-refractivity contribution in [2.45, 2.75) is 13.5 Å². The van der Waals surface area contributed by atoms with Crippen LogP contribution < -0.4 is 4.74 Å². The van der Waals surface area contributed by atoms with Gasteiger partial charge < -0.3 is 9.47 Å². The third-order valence-corrected chi connectivity index (χ3v) is 4.97. The summed E-state index contributed by atoms with van der Waals surface area (Å²) in [7, 11) is 0. The molecule has 4 nitrogen and oxygen atoms in total. The minimum atomic E-state index is -0.546. The molecule has 3 aromatic rings. The van der Waals surface area contributed by atoms with E-state index in [1.165, 1.54) is 12.1 Å². The lowest BCUT2D eigenvalue weighted by Gasteiger charge is -2.09. The fourth-order valence-electron chi connectivity index (χ4n) is 2.88. The lowest BCUT2D eigenvalue weighted by Crippen LogP contribution is -2.05. The number of aryl methyl sites for hydroxylation is 1. The highest BCUT2D eigenvalue weighted by atomic mass is 35.5. The SMILES string of the molecule is Cc1ccc(C2=N/C(=C/c3ccccc3OCc3ccc(F)cc3)C(=O)O2)cc1Cl. The van der Waals surface area contributed by atoms with Crippen LogP contribution in [0.3, 0.4) is 0 Å². The van der Waals surface area contributed by atoms with Gasteiger partial charge in [-0.2, -0.15) is 0 Å². The second-order valence-electron chi connectivity index (χ2n) is 6.75. The van der Waals surface area contributed by atoms with E-state index in [1.54, 1.807) is 36.4 Å². The molecule has 1 heterocycles. The van der Waals surface area contributed by atoms with Gasteiger partial charge in [-0.25, -0.2) is 14.2 Å². The first-order valence-corrected chi connectivity index (χ1v) is 9.63. The number of carbonyl (C=O) groups is 1. The van der Waals surface area contributed by atoms with Crippen LogP contribution in [-0.4, -0.2) is 11.9 Å². The maximum absolute atomic E-state index is 13.1. The first kappa shape index (κ1) is 19.9. The summed E-state index contributed by atoms with van der Waals surface area (Å²) in [5, 5.41) is 0.572.